The van der Waals surface area contributed by atoms with Crippen molar-refractivity contribution < 1.29 is 28.6 Å². The maximum absolute atomic E-state index is 14.3. The van der Waals surface area contributed by atoms with Crippen LogP contribution in [0.2, 0.25) is 0 Å². The van der Waals surface area contributed by atoms with Crippen molar-refractivity contribution in [1.82, 2.24) is 19.7 Å². The van der Waals surface area contributed by atoms with E-state index >= 15 is 0 Å². The predicted molar refractivity (Wildman–Crippen MR) is 179 cm³/mol. The van der Waals surface area contributed by atoms with E-state index in [-0.39, 0.29) is 30.9 Å². The summed E-state index contributed by atoms with van der Waals surface area (Å²) in [5.74, 6) is -0.755. The smallest absolute Gasteiger partial charge is 0.410 e. The first-order valence-corrected chi connectivity index (χ1v) is 16.4. The van der Waals surface area contributed by atoms with Gasteiger partial charge in [-0.3, -0.25) is 19.5 Å². The third-order valence-corrected chi connectivity index (χ3v) is 9.42. The molecule has 10 nitrogen and oxygen atoms in total. The number of pyridine rings is 1. The number of nitrogens with zero attached hydrogens (tertiary/aromatic N) is 5. The van der Waals surface area contributed by atoms with Gasteiger partial charge in [-0.25, -0.2) is 9.18 Å². The molecule has 1 aromatic heterocycles. The number of hydrogen-bond donors (Lipinski definition) is 1. The first-order chi connectivity index (χ1) is 22.6. The van der Waals surface area contributed by atoms with Crippen molar-refractivity contribution >= 4 is 23.6 Å². The normalized spacial score (nSPS) is 21.1. The minimum absolute atomic E-state index is 0.0516. The topological polar surface area (TPSA) is 107 Å². The number of ether oxygens (including phenoxy) is 1. The van der Waals surface area contributed by atoms with Gasteiger partial charge in [0.05, 0.1) is 17.9 Å². The van der Waals surface area contributed by atoms with Crippen LogP contribution in [0, 0.1) is 5.82 Å². The molecule has 3 aromatic rings. The van der Waals surface area contributed by atoms with E-state index in [1.54, 1.807) is 27.0 Å². The van der Waals surface area contributed by atoms with Gasteiger partial charge in [-0.15, -0.1) is 0 Å². The fraction of sp³-hybridized carbons (Fsp3) is 0.459. The largest absolute Gasteiger partial charge is 0.444 e. The summed E-state index contributed by atoms with van der Waals surface area (Å²) in [5.41, 5.74) is 3.34. The summed E-state index contributed by atoms with van der Waals surface area (Å²) in [7, 11) is 0. The molecule has 0 bridgehead atoms. The Morgan fingerprint density at radius 1 is 1.02 bits per heavy atom. The summed E-state index contributed by atoms with van der Waals surface area (Å²) in [5, 5.41) is 11.1. The number of anilines is 1. The van der Waals surface area contributed by atoms with E-state index in [1.165, 1.54) is 24.3 Å². The molecular formula is C37H44FN5O5. The molecule has 0 radical (unpaired) electrons. The maximum atomic E-state index is 14.3. The lowest BCUT2D eigenvalue weighted by molar-refractivity contribution is -0.141. The van der Waals surface area contributed by atoms with E-state index in [1.807, 2.05) is 70.7 Å². The number of aromatic nitrogens is 1. The minimum atomic E-state index is -1.06. The van der Waals surface area contributed by atoms with E-state index in [2.05, 4.69) is 4.98 Å². The number of hydrogen-bond acceptors (Lipinski definition) is 7. The van der Waals surface area contributed by atoms with Crippen molar-refractivity contribution in [3.8, 4) is 0 Å². The second kappa shape index (κ2) is 12.6. The quantitative estimate of drug-likeness (QED) is 0.421. The zero-order valence-electron chi connectivity index (χ0n) is 28.4. The summed E-state index contributed by atoms with van der Waals surface area (Å²) >= 11 is 0. The molecule has 0 aliphatic carbocycles. The zero-order valence-corrected chi connectivity index (χ0v) is 28.4. The number of carbonyl (C=O) groups is 3. The average Bonchev–Trinajstić information content (AvgIpc) is 3.58. The standard InChI is InChI=1S/C37H44FN5O5/c1-23-17-40(30(20-42(23)35(47)48-36(2,3)4)34(46)41-18-25-9-7-8-10-26(25)19-41)21-31(44)43-22-37(5,6)33-29(43)15-27(16-39-33)32(45)24-11-13-28(38)14-12-24/h7-16,23,30,32,45H,17-22H2,1-6H3/t23-,30+,32+/m1/s1. The molecule has 2 aromatic carbocycles. The third kappa shape index (κ3) is 6.66. The van der Waals surface area contributed by atoms with Gasteiger partial charge in [-0.2, -0.15) is 0 Å². The molecule has 3 amide bonds. The third-order valence-electron chi connectivity index (χ3n) is 9.42. The van der Waals surface area contributed by atoms with Crippen molar-refractivity contribution in [3.05, 3.63) is 94.6 Å². The Balaban J connectivity index is 1.26. The molecule has 48 heavy (non-hydrogen) atoms. The van der Waals surface area contributed by atoms with Gasteiger partial charge in [-0.05, 0) is 62.6 Å². The van der Waals surface area contributed by atoms with E-state index in [0.29, 0.717) is 43.0 Å². The number of piperazine rings is 1. The molecule has 4 heterocycles. The van der Waals surface area contributed by atoms with Crippen molar-refractivity contribution in [1.29, 1.82) is 0 Å². The van der Waals surface area contributed by atoms with E-state index in [9.17, 15) is 23.9 Å². The SMILES string of the molecule is C[C@@H]1CN(CC(=O)N2CC(C)(C)c3ncc([C@@H](O)c4ccc(F)cc4)cc32)[C@H](C(=O)N2Cc3ccccc3C2)CN1C(=O)OC(C)(C)C. The molecule has 3 aliphatic rings. The molecule has 3 atom stereocenters. The molecule has 1 fully saturated rings. The molecule has 6 rings (SSSR count). The van der Waals surface area contributed by atoms with Gasteiger partial charge in [0.25, 0.3) is 0 Å². The van der Waals surface area contributed by atoms with Gasteiger partial charge in [0.1, 0.15) is 23.6 Å². The predicted octanol–water partition coefficient (Wildman–Crippen LogP) is 4.78. The Labute approximate surface area is 281 Å². The highest BCUT2D eigenvalue weighted by atomic mass is 19.1. The number of benzene rings is 2. The molecule has 254 valence electrons. The van der Waals surface area contributed by atoms with E-state index in [0.717, 1.165) is 16.8 Å². The fourth-order valence-corrected chi connectivity index (χ4v) is 6.95. The number of aliphatic hydroxyl groups is 1. The summed E-state index contributed by atoms with van der Waals surface area (Å²) in [6.45, 7) is 13.0. The van der Waals surface area contributed by atoms with Crippen LogP contribution in [-0.2, 0) is 32.8 Å². The Morgan fingerprint density at radius 2 is 1.67 bits per heavy atom. The molecular weight excluding hydrogens is 613 g/mol. The summed E-state index contributed by atoms with van der Waals surface area (Å²) in [6, 6.07) is 14.3. The molecule has 1 saturated heterocycles. The van der Waals surface area contributed by atoms with Crippen LogP contribution in [0.3, 0.4) is 0 Å². The van der Waals surface area contributed by atoms with Gasteiger partial charge in [0, 0.05) is 55.9 Å². The van der Waals surface area contributed by atoms with Gasteiger partial charge >= 0.3 is 6.09 Å². The monoisotopic (exact) mass is 657 g/mol. The Kier molecular flexibility index (Phi) is 8.80. The molecule has 0 saturated carbocycles. The molecule has 1 N–H and O–H groups in total. The van der Waals surface area contributed by atoms with Crippen molar-refractivity contribution in [2.75, 3.05) is 31.1 Å². The Hall–Kier alpha value is -4.35. The van der Waals surface area contributed by atoms with Crippen LogP contribution < -0.4 is 4.90 Å². The first kappa shape index (κ1) is 33.5. The Morgan fingerprint density at radius 3 is 2.29 bits per heavy atom. The molecule has 3 aliphatic heterocycles. The van der Waals surface area contributed by atoms with Gasteiger partial charge in [0.2, 0.25) is 11.8 Å². The van der Waals surface area contributed by atoms with Crippen LogP contribution in [0.4, 0.5) is 14.9 Å². The number of rotatable bonds is 5. The number of amides is 3. The van der Waals surface area contributed by atoms with Crippen molar-refractivity contribution in [3.63, 3.8) is 0 Å². The average molecular weight is 658 g/mol. The lowest BCUT2D eigenvalue weighted by atomic mass is 9.90. The highest BCUT2D eigenvalue weighted by Gasteiger charge is 2.45. The maximum Gasteiger partial charge on any atom is 0.410 e. The second-order valence-corrected chi connectivity index (χ2v) is 14.8. The van der Waals surface area contributed by atoms with Crippen LogP contribution in [0.1, 0.15) is 75.6 Å². The number of halogens is 1. The van der Waals surface area contributed by atoms with Crippen molar-refractivity contribution in [2.45, 2.75) is 83.8 Å². The van der Waals surface area contributed by atoms with Gasteiger partial charge in [-0.1, -0.05) is 50.2 Å². The minimum Gasteiger partial charge on any atom is -0.444 e. The summed E-state index contributed by atoms with van der Waals surface area (Å²) in [6.07, 6.45) is 0.0533. The molecule has 0 unspecified atom stereocenters. The van der Waals surface area contributed by atoms with Crippen LogP contribution in [0.15, 0.2) is 60.8 Å². The zero-order chi connectivity index (χ0) is 34.5. The Bertz CT molecular complexity index is 1700. The lowest BCUT2D eigenvalue weighted by Gasteiger charge is -2.45. The fourth-order valence-electron chi connectivity index (χ4n) is 6.95. The van der Waals surface area contributed by atoms with Gasteiger partial charge in [0.15, 0.2) is 0 Å². The van der Waals surface area contributed by atoms with Crippen LogP contribution in [-0.4, -0.2) is 86.6 Å². The van der Waals surface area contributed by atoms with Crippen LogP contribution >= 0.6 is 0 Å². The van der Waals surface area contributed by atoms with Crippen LogP contribution in [0.5, 0.6) is 0 Å². The van der Waals surface area contributed by atoms with Gasteiger partial charge < -0.3 is 24.5 Å². The second-order valence-electron chi connectivity index (χ2n) is 14.8. The summed E-state index contributed by atoms with van der Waals surface area (Å²) < 4.78 is 19.2. The highest BCUT2D eigenvalue weighted by Crippen LogP contribution is 2.41. The van der Waals surface area contributed by atoms with E-state index in [4.69, 9.17) is 4.74 Å². The number of fused-ring (bicyclic) bond motifs is 2. The number of aliphatic hydroxyl groups excluding tert-OH is 1. The van der Waals surface area contributed by atoms with E-state index < -0.39 is 35.1 Å². The summed E-state index contributed by atoms with van der Waals surface area (Å²) in [4.78, 5) is 53.4. The molecule has 11 heteroatoms. The lowest BCUT2D eigenvalue weighted by Crippen LogP contribution is -2.64. The van der Waals surface area contributed by atoms with Crippen LogP contribution in [0.25, 0.3) is 0 Å². The molecule has 0 spiro atoms. The number of carbonyl (C=O) groups excluding carboxylic acids is 3. The highest BCUT2D eigenvalue weighted by molar-refractivity contribution is 5.98. The first-order valence-electron chi connectivity index (χ1n) is 16.4. The van der Waals surface area contributed by atoms with Crippen molar-refractivity contribution in [2.24, 2.45) is 0 Å².